The number of pyridine rings is 1. The lowest BCUT2D eigenvalue weighted by Gasteiger charge is -2.22. The third-order valence-corrected chi connectivity index (χ3v) is 4.71. The lowest BCUT2D eigenvalue weighted by Crippen LogP contribution is -2.21. The van der Waals surface area contributed by atoms with E-state index in [1.807, 2.05) is 60.4 Å². The first-order valence-corrected chi connectivity index (χ1v) is 9.30. The molecule has 7 nitrogen and oxygen atoms in total. The van der Waals surface area contributed by atoms with E-state index in [4.69, 9.17) is 14.6 Å². The Morgan fingerprint density at radius 1 is 1.00 bits per heavy atom. The van der Waals surface area contributed by atoms with E-state index in [-0.39, 0.29) is 0 Å². The number of hydrazone groups is 1. The molecule has 0 N–H and O–H groups in total. The topological polar surface area (TPSA) is 64.8 Å². The molecule has 0 amide bonds. The highest BCUT2D eigenvalue weighted by Gasteiger charge is 2.20. The summed E-state index contributed by atoms with van der Waals surface area (Å²) in [6.45, 7) is 7.26. The zero-order chi connectivity index (χ0) is 19.8. The van der Waals surface area contributed by atoms with Crippen molar-refractivity contribution < 1.29 is 9.47 Å². The van der Waals surface area contributed by atoms with Crippen LogP contribution in [0.25, 0.3) is 5.69 Å². The van der Waals surface area contributed by atoms with E-state index < -0.39 is 0 Å². The Kier molecular flexibility index (Phi) is 4.13. The molecule has 29 heavy (non-hydrogen) atoms. The van der Waals surface area contributed by atoms with Crippen molar-refractivity contribution >= 4 is 11.4 Å². The van der Waals surface area contributed by atoms with Gasteiger partial charge in [0, 0.05) is 18.5 Å². The lowest BCUT2D eigenvalue weighted by molar-refractivity contribution is 0.171. The van der Waals surface area contributed by atoms with Gasteiger partial charge >= 0.3 is 0 Å². The summed E-state index contributed by atoms with van der Waals surface area (Å²) in [6.07, 6.45) is 9.17. The smallest absolute Gasteiger partial charge is 0.163 e. The van der Waals surface area contributed by atoms with Gasteiger partial charge in [-0.15, -0.1) is 0 Å². The van der Waals surface area contributed by atoms with Crippen LogP contribution in [-0.2, 0) is 0 Å². The monoisotopic (exact) mass is 385 g/mol. The van der Waals surface area contributed by atoms with Crippen LogP contribution in [0.1, 0.15) is 11.3 Å². The minimum atomic E-state index is 0.538. The van der Waals surface area contributed by atoms with Gasteiger partial charge in [-0.05, 0) is 48.4 Å². The quantitative estimate of drug-likeness (QED) is 0.689. The van der Waals surface area contributed by atoms with Crippen molar-refractivity contribution in [1.82, 2.24) is 14.8 Å². The van der Waals surface area contributed by atoms with Crippen LogP contribution >= 0.6 is 0 Å². The number of ether oxygens (including phenoxy) is 2. The van der Waals surface area contributed by atoms with Gasteiger partial charge in [-0.1, -0.05) is 6.58 Å². The average molecular weight is 385 g/mol. The standard InChI is InChI=1S/C22H19N5O2/c1-15-11-18(14-23-13-15)26-8-6-16(2)22(25-26)19-5-7-24-27(19)17-3-4-20-21(12-17)29-10-9-28-20/h3-8,11-14H,2,9-10H2,1H3. The molecule has 144 valence electrons. The molecule has 0 aliphatic carbocycles. The van der Waals surface area contributed by atoms with Crippen molar-refractivity contribution in [2.24, 2.45) is 5.10 Å². The van der Waals surface area contributed by atoms with Gasteiger partial charge in [-0.3, -0.25) is 4.98 Å². The fourth-order valence-electron chi connectivity index (χ4n) is 3.32. The van der Waals surface area contributed by atoms with Crippen molar-refractivity contribution in [3.05, 3.63) is 84.6 Å². The van der Waals surface area contributed by atoms with Crippen molar-refractivity contribution in [1.29, 1.82) is 0 Å². The van der Waals surface area contributed by atoms with Crippen LogP contribution in [0.15, 0.2) is 78.5 Å². The molecule has 3 aromatic rings. The van der Waals surface area contributed by atoms with Crippen molar-refractivity contribution in [3.8, 4) is 17.2 Å². The van der Waals surface area contributed by atoms with E-state index >= 15 is 0 Å². The summed E-state index contributed by atoms with van der Waals surface area (Å²) in [6, 6.07) is 9.73. The number of hydrogen-bond donors (Lipinski definition) is 0. The van der Waals surface area contributed by atoms with E-state index in [0.29, 0.717) is 19.0 Å². The number of benzene rings is 1. The Morgan fingerprint density at radius 3 is 2.72 bits per heavy atom. The molecule has 2 aliphatic rings. The van der Waals surface area contributed by atoms with Crippen LogP contribution in [0.4, 0.5) is 5.69 Å². The van der Waals surface area contributed by atoms with Crippen LogP contribution in [0.3, 0.4) is 0 Å². The fraction of sp³-hybridized carbons (Fsp3) is 0.136. The molecule has 1 aromatic carbocycles. The van der Waals surface area contributed by atoms with Gasteiger partial charge in [0.15, 0.2) is 11.5 Å². The van der Waals surface area contributed by atoms with Crippen LogP contribution in [0.5, 0.6) is 11.5 Å². The number of anilines is 1. The minimum absolute atomic E-state index is 0.538. The molecule has 5 rings (SSSR count). The first-order chi connectivity index (χ1) is 14.2. The molecule has 0 unspecified atom stereocenters. The van der Waals surface area contributed by atoms with E-state index in [1.165, 1.54) is 0 Å². The summed E-state index contributed by atoms with van der Waals surface area (Å²) < 4.78 is 13.2. The van der Waals surface area contributed by atoms with Gasteiger partial charge in [0.05, 0.1) is 29.5 Å². The molecular weight excluding hydrogens is 366 g/mol. The number of allylic oxidation sites excluding steroid dienone is 2. The number of nitrogens with zero attached hydrogens (tertiary/aromatic N) is 5. The Balaban J connectivity index is 1.55. The molecule has 0 bridgehead atoms. The van der Waals surface area contributed by atoms with Gasteiger partial charge in [0.1, 0.15) is 18.9 Å². The third kappa shape index (κ3) is 3.16. The Bertz CT molecular complexity index is 1160. The van der Waals surface area contributed by atoms with Crippen LogP contribution in [0, 0.1) is 6.92 Å². The molecule has 2 aliphatic heterocycles. The first kappa shape index (κ1) is 17.2. The second-order valence-corrected chi connectivity index (χ2v) is 6.81. The Morgan fingerprint density at radius 2 is 1.86 bits per heavy atom. The fourth-order valence-corrected chi connectivity index (χ4v) is 3.32. The van der Waals surface area contributed by atoms with Crippen molar-refractivity contribution in [3.63, 3.8) is 0 Å². The van der Waals surface area contributed by atoms with E-state index in [9.17, 15) is 0 Å². The van der Waals surface area contributed by atoms with Crippen LogP contribution < -0.4 is 14.5 Å². The largest absolute Gasteiger partial charge is 0.486 e. The molecule has 2 aromatic heterocycles. The number of hydrogen-bond acceptors (Lipinski definition) is 6. The maximum absolute atomic E-state index is 5.71. The average Bonchev–Trinajstić information content (AvgIpc) is 3.23. The summed E-state index contributed by atoms with van der Waals surface area (Å²) in [5, 5.41) is 11.1. The normalized spacial score (nSPS) is 15.4. The summed E-state index contributed by atoms with van der Waals surface area (Å²) in [4.78, 5) is 4.26. The van der Waals surface area contributed by atoms with Gasteiger partial charge in [0.2, 0.25) is 0 Å². The van der Waals surface area contributed by atoms with Gasteiger partial charge in [-0.2, -0.15) is 10.2 Å². The SMILES string of the molecule is C=C1C=CN(c2cncc(C)c2)N=C1c1ccnn1-c1ccc2c(c1)OCCO2. The summed E-state index contributed by atoms with van der Waals surface area (Å²) in [5.41, 5.74) is 5.20. The molecule has 7 heteroatoms. The highest BCUT2D eigenvalue weighted by Crippen LogP contribution is 2.32. The molecule has 4 heterocycles. The summed E-state index contributed by atoms with van der Waals surface area (Å²) >= 11 is 0. The van der Waals surface area contributed by atoms with Crippen molar-refractivity contribution in [2.75, 3.05) is 18.2 Å². The molecule has 0 radical (unpaired) electrons. The van der Waals surface area contributed by atoms with Gasteiger partial charge < -0.3 is 9.47 Å². The van der Waals surface area contributed by atoms with Gasteiger partial charge in [0.25, 0.3) is 0 Å². The molecule has 0 saturated carbocycles. The number of rotatable bonds is 3. The summed E-state index contributed by atoms with van der Waals surface area (Å²) in [7, 11) is 0. The van der Waals surface area contributed by atoms with Crippen molar-refractivity contribution in [2.45, 2.75) is 6.92 Å². The van der Waals surface area contributed by atoms with E-state index in [1.54, 1.807) is 17.4 Å². The first-order valence-electron chi connectivity index (χ1n) is 9.30. The second-order valence-electron chi connectivity index (χ2n) is 6.81. The minimum Gasteiger partial charge on any atom is -0.486 e. The molecule has 0 atom stereocenters. The summed E-state index contributed by atoms with van der Waals surface area (Å²) in [5.74, 6) is 1.46. The maximum Gasteiger partial charge on any atom is 0.163 e. The Hall–Kier alpha value is -3.87. The van der Waals surface area contributed by atoms with Crippen LogP contribution in [-0.4, -0.2) is 33.7 Å². The zero-order valence-corrected chi connectivity index (χ0v) is 15.9. The van der Waals surface area contributed by atoms with Gasteiger partial charge in [-0.25, -0.2) is 9.69 Å². The van der Waals surface area contributed by atoms with E-state index in [2.05, 4.69) is 16.7 Å². The highest BCUT2D eigenvalue weighted by molar-refractivity contribution is 6.14. The number of fused-ring (bicyclic) bond motifs is 1. The molecule has 0 saturated heterocycles. The predicted octanol–water partition coefficient (Wildman–Crippen LogP) is 3.64. The molecule has 0 spiro atoms. The molecular formula is C22H19N5O2. The van der Waals surface area contributed by atoms with Crippen LogP contribution in [0.2, 0.25) is 0 Å². The maximum atomic E-state index is 5.71. The number of aromatic nitrogens is 3. The number of aryl methyl sites for hydroxylation is 1. The lowest BCUT2D eigenvalue weighted by atomic mass is 10.1. The second kappa shape index (κ2) is 6.94. The Labute approximate surface area is 168 Å². The zero-order valence-electron chi connectivity index (χ0n) is 15.9. The van der Waals surface area contributed by atoms with E-state index in [0.717, 1.165) is 39.7 Å². The highest BCUT2D eigenvalue weighted by atomic mass is 16.6. The molecule has 0 fully saturated rings. The predicted molar refractivity (Wildman–Crippen MR) is 111 cm³/mol. The third-order valence-electron chi connectivity index (χ3n) is 4.71.